The molecule has 104 valence electrons. The number of hydrogen-bond acceptors (Lipinski definition) is 4. The Balaban J connectivity index is 1.83. The summed E-state index contributed by atoms with van der Waals surface area (Å²) in [5, 5.41) is 3.27. The van der Waals surface area contributed by atoms with E-state index < -0.39 is 0 Å². The molecule has 0 aliphatic carbocycles. The molecule has 0 amide bonds. The van der Waals surface area contributed by atoms with Crippen LogP contribution in [0, 0.1) is 0 Å². The van der Waals surface area contributed by atoms with Crippen molar-refractivity contribution >= 4 is 21.9 Å². The lowest BCUT2D eigenvalue weighted by Gasteiger charge is -2.31. The SMILES string of the molecule is CC(C(=O)OCc1cccc(Br)c1)N1CCNCC1. The molecule has 0 saturated carbocycles. The molecule has 1 N–H and O–H groups in total. The van der Waals surface area contributed by atoms with Gasteiger partial charge in [-0.15, -0.1) is 0 Å². The molecule has 0 bridgehead atoms. The third-order valence-electron chi connectivity index (χ3n) is 3.31. The van der Waals surface area contributed by atoms with Gasteiger partial charge in [-0.2, -0.15) is 0 Å². The van der Waals surface area contributed by atoms with E-state index in [9.17, 15) is 4.79 Å². The molecule has 1 aliphatic rings. The van der Waals surface area contributed by atoms with Gasteiger partial charge in [-0.25, -0.2) is 0 Å². The van der Waals surface area contributed by atoms with Crippen LogP contribution >= 0.6 is 15.9 Å². The summed E-state index contributed by atoms with van der Waals surface area (Å²) in [7, 11) is 0. The van der Waals surface area contributed by atoms with Crippen LogP contribution < -0.4 is 5.32 Å². The Labute approximate surface area is 122 Å². The van der Waals surface area contributed by atoms with Gasteiger partial charge in [-0.3, -0.25) is 9.69 Å². The van der Waals surface area contributed by atoms with Crippen molar-refractivity contribution in [3.05, 3.63) is 34.3 Å². The van der Waals surface area contributed by atoms with Crippen molar-refractivity contribution in [2.45, 2.75) is 19.6 Å². The largest absolute Gasteiger partial charge is 0.460 e. The van der Waals surface area contributed by atoms with Gasteiger partial charge < -0.3 is 10.1 Å². The number of carbonyl (C=O) groups is 1. The number of rotatable bonds is 4. The fourth-order valence-electron chi connectivity index (χ4n) is 2.12. The Kier molecular flexibility index (Phi) is 5.36. The molecule has 19 heavy (non-hydrogen) atoms. The zero-order chi connectivity index (χ0) is 13.7. The summed E-state index contributed by atoms with van der Waals surface area (Å²) >= 11 is 3.41. The Hall–Kier alpha value is -0.910. The third-order valence-corrected chi connectivity index (χ3v) is 3.80. The van der Waals surface area contributed by atoms with E-state index in [0.717, 1.165) is 36.2 Å². The van der Waals surface area contributed by atoms with Crippen molar-refractivity contribution < 1.29 is 9.53 Å². The fraction of sp³-hybridized carbons (Fsp3) is 0.500. The minimum atomic E-state index is -0.172. The average molecular weight is 327 g/mol. The van der Waals surface area contributed by atoms with Crippen molar-refractivity contribution in [3.63, 3.8) is 0 Å². The van der Waals surface area contributed by atoms with E-state index in [-0.39, 0.29) is 12.0 Å². The lowest BCUT2D eigenvalue weighted by molar-refractivity contribution is -0.151. The van der Waals surface area contributed by atoms with E-state index in [2.05, 4.69) is 26.1 Å². The van der Waals surface area contributed by atoms with Crippen molar-refractivity contribution in [1.29, 1.82) is 0 Å². The number of carbonyl (C=O) groups excluding carboxylic acids is 1. The molecule has 5 heteroatoms. The first-order valence-corrected chi connectivity index (χ1v) is 7.32. The molecular formula is C14H19BrN2O2. The molecule has 1 atom stereocenters. The predicted molar refractivity (Wildman–Crippen MR) is 77.8 cm³/mol. The quantitative estimate of drug-likeness (QED) is 0.856. The summed E-state index contributed by atoms with van der Waals surface area (Å²) < 4.78 is 6.37. The van der Waals surface area contributed by atoms with Crippen molar-refractivity contribution in [2.75, 3.05) is 26.2 Å². The van der Waals surface area contributed by atoms with E-state index in [4.69, 9.17) is 4.74 Å². The molecule has 2 rings (SSSR count). The fourth-order valence-corrected chi connectivity index (χ4v) is 2.57. The predicted octanol–water partition coefficient (Wildman–Crippen LogP) is 1.79. The Morgan fingerprint density at radius 1 is 1.47 bits per heavy atom. The van der Waals surface area contributed by atoms with Crippen LogP contribution in [-0.4, -0.2) is 43.1 Å². The van der Waals surface area contributed by atoms with Crippen molar-refractivity contribution in [2.24, 2.45) is 0 Å². The van der Waals surface area contributed by atoms with Gasteiger partial charge in [0, 0.05) is 30.7 Å². The molecular weight excluding hydrogens is 308 g/mol. The molecule has 0 spiro atoms. The average Bonchev–Trinajstić information content (AvgIpc) is 2.45. The Morgan fingerprint density at radius 3 is 2.89 bits per heavy atom. The highest BCUT2D eigenvalue weighted by atomic mass is 79.9. The van der Waals surface area contributed by atoms with Gasteiger partial charge in [0.2, 0.25) is 0 Å². The molecule has 1 unspecified atom stereocenters. The molecule has 0 aromatic heterocycles. The summed E-state index contributed by atoms with van der Waals surface area (Å²) in [6, 6.07) is 7.63. The standard InChI is InChI=1S/C14H19BrN2O2/c1-11(17-7-5-16-6-8-17)14(18)19-10-12-3-2-4-13(15)9-12/h2-4,9,11,16H,5-8,10H2,1H3. The molecule has 1 aromatic carbocycles. The van der Waals surface area contributed by atoms with Gasteiger partial charge in [-0.05, 0) is 24.6 Å². The van der Waals surface area contributed by atoms with Gasteiger partial charge in [0.15, 0.2) is 0 Å². The van der Waals surface area contributed by atoms with Gasteiger partial charge in [0.1, 0.15) is 12.6 Å². The zero-order valence-corrected chi connectivity index (χ0v) is 12.6. The zero-order valence-electron chi connectivity index (χ0n) is 11.1. The lowest BCUT2D eigenvalue weighted by atomic mass is 10.2. The maximum atomic E-state index is 12.0. The summed E-state index contributed by atoms with van der Waals surface area (Å²) in [5.41, 5.74) is 0.996. The first-order chi connectivity index (χ1) is 9.16. The highest BCUT2D eigenvalue weighted by Crippen LogP contribution is 2.13. The van der Waals surface area contributed by atoms with Crippen molar-refractivity contribution in [3.8, 4) is 0 Å². The number of nitrogens with zero attached hydrogens (tertiary/aromatic N) is 1. The van der Waals surface area contributed by atoms with E-state index in [1.54, 1.807) is 0 Å². The minimum Gasteiger partial charge on any atom is -0.460 e. The smallest absolute Gasteiger partial charge is 0.323 e. The summed E-state index contributed by atoms with van der Waals surface area (Å²) in [4.78, 5) is 14.2. The number of esters is 1. The lowest BCUT2D eigenvalue weighted by Crippen LogP contribution is -2.50. The van der Waals surface area contributed by atoms with Gasteiger partial charge in [0.25, 0.3) is 0 Å². The maximum Gasteiger partial charge on any atom is 0.323 e. The number of piperazine rings is 1. The van der Waals surface area contributed by atoms with Crippen LogP contribution in [0.15, 0.2) is 28.7 Å². The Bertz CT molecular complexity index is 433. The van der Waals surface area contributed by atoms with Gasteiger partial charge in [0.05, 0.1) is 0 Å². The van der Waals surface area contributed by atoms with Crippen molar-refractivity contribution in [1.82, 2.24) is 10.2 Å². The van der Waals surface area contributed by atoms with Crippen LogP contribution in [0.1, 0.15) is 12.5 Å². The second-order valence-electron chi connectivity index (χ2n) is 4.70. The maximum absolute atomic E-state index is 12.0. The first kappa shape index (κ1) is 14.5. The molecule has 1 fully saturated rings. The van der Waals surface area contributed by atoms with Crippen LogP contribution in [0.3, 0.4) is 0 Å². The molecule has 1 saturated heterocycles. The van der Waals surface area contributed by atoms with Crippen LogP contribution in [0.2, 0.25) is 0 Å². The van der Waals surface area contributed by atoms with E-state index in [1.165, 1.54) is 0 Å². The van der Waals surface area contributed by atoms with Crippen LogP contribution in [0.25, 0.3) is 0 Å². The normalized spacial score (nSPS) is 18.0. The molecule has 1 aromatic rings. The summed E-state index contributed by atoms with van der Waals surface area (Å²) in [5.74, 6) is -0.151. The summed E-state index contributed by atoms with van der Waals surface area (Å²) in [6.45, 7) is 5.90. The van der Waals surface area contributed by atoms with E-state index >= 15 is 0 Å². The van der Waals surface area contributed by atoms with Gasteiger partial charge >= 0.3 is 5.97 Å². The van der Waals surface area contributed by atoms with E-state index in [0.29, 0.717) is 6.61 Å². The molecule has 0 radical (unpaired) electrons. The second-order valence-corrected chi connectivity index (χ2v) is 5.62. The number of halogens is 1. The third kappa shape index (κ3) is 4.30. The highest BCUT2D eigenvalue weighted by molar-refractivity contribution is 9.10. The molecule has 1 heterocycles. The number of hydrogen-bond donors (Lipinski definition) is 1. The second kappa shape index (κ2) is 7.03. The summed E-state index contributed by atoms with van der Waals surface area (Å²) in [6.07, 6.45) is 0. The molecule has 4 nitrogen and oxygen atoms in total. The Morgan fingerprint density at radius 2 is 2.21 bits per heavy atom. The number of ether oxygens (including phenoxy) is 1. The van der Waals surface area contributed by atoms with Crippen LogP contribution in [0.4, 0.5) is 0 Å². The molecule has 1 aliphatic heterocycles. The van der Waals surface area contributed by atoms with E-state index in [1.807, 2.05) is 31.2 Å². The number of nitrogens with one attached hydrogen (secondary N) is 1. The first-order valence-electron chi connectivity index (χ1n) is 6.52. The highest BCUT2D eigenvalue weighted by Gasteiger charge is 2.23. The van der Waals surface area contributed by atoms with Crippen LogP contribution in [0.5, 0.6) is 0 Å². The monoisotopic (exact) mass is 326 g/mol. The number of benzene rings is 1. The minimum absolute atomic E-state index is 0.151. The van der Waals surface area contributed by atoms with Gasteiger partial charge in [-0.1, -0.05) is 28.1 Å². The van der Waals surface area contributed by atoms with Crippen LogP contribution in [-0.2, 0) is 16.1 Å². The topological polar surface area (TPSA) is 41.6 Å².